The van der Waals surface area contributed by atoms with E-state index in [-0.39, 0.29) is 6.10 Å². The molecule has 23 heavy (non-hydrogen) atoms. The van der Waals surface area contributed by atoms with Gasteiger partial charge in [0.25, 0.3) is 0 Å². The number of rotatable bonds is 3. The molecule has 1 unspecified atom stereocenters. The van der Waals surface area contributed by atoms with Crippen LogP contribution in [0.4, 0.5) is 0 Å². The lowest BCUT2D eigenvalue weighted by molar-refractivity contribution is 0.237. The van der Waals surface area contributed by atoms with E-state index in [1.54, 1.807) is 6.20 Å². The third-order valence-electron chi connectivity index (χ3n) is 3.73. The zero-order valence-electron chi connectivity index (χ0n) is 12.3. The van der Waals surface area contributed by atoms with Crippen molar-refractivity contribution in [3.8, 4) is 17.2 Å². The molecule has 4 rings (SSSR count). The Bertz CT molecular complexity index is 852. The summed E-state index contributed by atoms with van der Waals surface area (Å²) in [5, 5.41) is 0. The Hall–Kier alpha value is -2.08. The Kier molecular flexibility index (Phi) is 3.91. The predicted molar refractivity (Wildman–Crippen MR) is 98.3 cm³/mol. The minimum atomic E-state index is -0.0255. The number of para-hydroxylation sites is 1. The fourth-order valence-corrected chi connectivity index (χ4v) is 2.93. The Morgan fingerprint density at radius 1 is 1.04 bits per heavy atom. The van der Waals surface area contributed by atoms with E-state index in [9.17, 15) is 0 Å². The molecule has 2 aromatic carbocycles. The van der Waals surface area contributed by atoms with Gasteiger partial charge in [0.2, 0.25) is 5.89 Å². The molecule has 2 heterocycles. The topological polar surface area (TPSA) is 35.3 Å². The highest BCUT2D eigenvalue weighted by atomic mass is 127. The van der Waals surface area contributed by atoms with Crippen molar-refractivity contribution in [3.05, 3.63) is 75.7 Å². The number of hydrogen-bond donors (Lipinski definition) is 0. The molecule has 0 N–H and O–H groups in total. The molecule has 0 spiro atoms. The standard InChI is InChI=1S/C19H14INO2/c20-15-8-5-14(6-9-15)19-21-12-17(23-19)11-16-10-7-13-3-1-2-4-18(13)22-16/h1-10,12,16H,11H2. The Labute approximate surface area is 148 Å². The lowest BCUT2D eigenvalue weighted by Gasteiger charge is -2.20. The van der Waals surface area contributed by atoms with Crippen LogP contribution in [0, 0.1) is 3.57 Å². The Morgan fingerprint density at radius 2 is 1.87 bits per heavy atom. The van der Waals surface area contributed by atoms with Crippen molar-refractivity contribution in [2.75, 3.05) is 0 Å². The predicted octanol–water partition coefficient (Wildman–Crippen LogP) is 4.96. The summed E-state index contributed by atoms with van der Waals surface area (Å²) in [5.74, 6) is 2.39. The first-order valence-electron chi connectivity index (χ1n) is 7.42. The fourth-order valence-electron chi connectivity index (χ4n) is 2.57. The van der Waals surface area contributed by atoms with Gasteiger partial charge >= 0.3 is 0 Å². The van der Waals surface area contributed by atoms with Crippen molar-refractivity contribution in [2.45, 2.75) is 12.5 Å². The highest BCUT2D eigenvalue weighted by molar-refractivity contribution is 14.1. The van der Waals surface area contributed by atoms with Crippen LogP contribution in [-0.2, 0) is 6.42 Å². The summed E-state index contributed by atoms with van der Waals surface area (Å²) in [6.07, 6.45) is 6.59. The molecule has 0 aliphatic carbocycles. The second-order valence-electron chi connectivity index (χ2n) is 5.40. The SMILES string of the molecule is Ic1ccc(-c2ncc(CC3C=Cc4ccccc4O3)o2)cc1. The summed E-state index contributed by atoms with van der Waals surface area (Å²) in [6, 6.07) is 16.2. The van der Waals surface area contributed by atoms with E-state index in [0.717, 1.165) is 22.6 Å². The van der Waals surface area contributed by atoms with Crippen LogP contribution in [0.3, 0.4) is 0 Å². The van der Waals surface area contributed by atoms with Crippen molar-refractivity contribution in [2.24, 2.45) is 0 Å². The smallest absolute Gasteiger partial charge is 0.226 e. The lowest BCUT2D eigenvalue weighted by atomic mass is 10.1. The van der Waals surface area contributed by atoms with E-state index in [4.69, 9.17) is 9.15 Å². The molecule has 114 valence electrons. The zero-order valence-corrected chi connectivity index (χ0v) is 14.4. The maximum atomic E-state index is 5.99. The van der Waals surface area contributed by atoms with Crippen LogP contribution in [0.15, 0.2) is 65.2 Å². The summed E-state index contributed by atoms with van der Waals surface area (Å²) >= 11 is 2.28. The van der Waals surface area contributed by atoms with Gasteiger partial charge < -0.3 is 9.15 Å². The molecule has 0 saturated heterocycles. The minimum Gasteiger partial charge on any atom is -0.485 e. The maximum absolute atomic E-state index is 5.99. The van der Waals surface area contributed by atoms with Gasteiger partial charge in [0, 0.05) is 21.1 Å². The van der Waals surface area contributed by atoms with Gasteiger partial charge in [-0.15, -0.1) is 0 Å². The highest BCUT2D eigenvalue weighted by Gasteiger charge is 2.17. The molecular formula is C19H14INO2. The van der Waals surface area contributed by atoms with Crippen molar-refractivity contribution in [1.29, 1.82) is 0 Å². The summed E-state index contributed by atoms with van der Waals surface area (Å²) in [7, 11) is 0. The van der Waals surface area contributed by atoms with Crippen molar-refractivity contribution in [1.82, 2.24) is 4.98 Å². The molecule has 4 heteroatoms. The van der Waals surface area contributed by atoms with E-state index >= 15 is 0 Å². The molecule has 0 fully saturated rings. The fraction of sp³-hybridized carbons (Fsp3) is 0.105. The van der Waals surface area contributed by atoms with Gasteiger partial charge in [-0.05, 0) is 59.0 Å². The summed E-state index contributed by atoms with van der Waals surface area (Å²) in [6.45, 7) is 0. The summed E-state index contributed by atoms with van der Waals surface area (Å²) in [4.78, 5) is 4.38. The first kappa shape index (κ1) is 14.5. The average molecular weight is 415 g/mol. The molecule has 0 amide bonds. The number of aromatic nitrogens is 1. The number of ether oxygens (including phenoxy) is 1. The number of fused-ring (bicyclic) bond motifs is 1. The molecule has 0 radical (unpaired) electrons. The van der Waals surface area contributed by atoms with E-state index in [2.05, 4.69) is 39.7 Å². The van der Waals surface area contributed by atoms with Crippen LogP contribution >= 0.6 is 22.6 Å². The Morgan fingerprint density at radius 3 is 2.74 bits per heavy atom. The van der Waals surface area contributed by atoms with Gasteiger partial charge in [0.15, 0.2) is 0 Å². The molecule has 3 nitrogen and oxygen atoms in total. The van der Waals surface area contributed by atoms with Gasteiger partial charge in [-0.25, -0.2) is 4.98 Å². The first-order valence-corrected chi connectivity index (χ1v) is 8.50. The van der Waals surface area contributed by atoms with Crippen molar-refractivity contribution in [3.63, 3.8) is 0 Å². The van der Waals surface area contributed by atoms with Crippen molar-refractivity contribution < 1.29 is 9.15 Å². The van der Waals surface area contributed by atoms with Crippen LogP contribution in [0.5, 0.6) is 5.75 Å². The van der Waals surface area contributed by atoms with E-state index < -0.39 is 0 Å². The monoisotopic (exact) mass is 415 g/mol. The Balaban J connectivity index is 1.50. The van der Waals surface area contributed by atoms with Crippen LogP contribution < -0.4 is 4.74 Å². The highest BCUT2D eigenvalue weighted by Crippen LogP contribution is 2.27. The van der Waals surface area contributed by atoms with Crippen molar-refractivity contribution >= 4 is 28.7 Å². The number of halogens is 1. The van der Waals surface area contributed by atoms with Crippen LogP contribution in [0.2, 0.25) is 0 Å². The zero-order chi connectivity index (χ0) is 15.6. The summed E-state index contributed by atoms with van der Waals surface area (Å²) in [5.41, 5.74) is 2.10. The largest absolute Gasteiger partial charge is 0.485 e. The minimum absolute atomic E-state index is 0.0255. The first-order chi connectivity index (χ1) is 11.3. The quantitative estimate of drug-likeness (QED) is 0.568. The molecule has 0 bridgehead atoms. The average Bonchev–Trinajstić information content (AvgIpc) is 3.04. The van der Waals surface area contributed by atoms with E-state index in [0.29, 0.717) is 12.3 Å². The second kappa shape index (κ2) is 6.20. The van der Waals surface area contributed by atoms with Gasteiger partial charge in [0.1, 0.15) is 17.6 Å². The van der Waals surface area contributed by atoms with E-state index in [1.165, 1.54) is 3.57 Å². The lowest BCUT2D eigenvalue weighted by Crippen LogP contribution is -2.19. The second-order valence-corrected chi connectivity index (χ2v) is 6.64. The van der Waals surface area contributed by atoms with Crippen LogP contribution in [-0.4, -0.2) is 11.1 Å². The molecule has 1 aliphatic rings. The molecule has 0 saturated carbocycles. The molecule has 3 aromatic rings. The number of oxazole rings is 1. The number of benzene rings is 2. The van der Waals surface area contributed by atoms with Gasteiger partial charge in [0.05, 0.1) is 6.20 Å². The molecule has 1 atom stereocenters. The third kappa shape index (κ3) is 3.17. The molecular weight excluding hydrogens is 401 g/mol. The third-order valence-corrected chi connectivity index (χ3v) is 4.45. The normalized spacial score (nSPS) is 16.0. The van der Waals surface area contributed by atoms with Crippen LogP contribution in [0.25, 0.3) is 17.5 Å². The number of nitrogens with zero attached hydrogens (tertiary/aromatic N) is 1. The van der Waals surface area contributed by atoms with E-state index in [1.807, 2.05) is 48.5 Å². The van der Waals surface area contributed by atoms with Crippen LogP contribution in [0.1, 0.15) is 11.3 Å². The molecule has 1 aromatic heterocycles. The maximum Gasteiger partial charge on any atom is 0.226 e. The van der Waals surface area contributed by atoms with Gasteiger partial charge in [-0.1, -0.05) is 24.3 Å². The molecule has 1 aliphatic heterocycles. The number of hydrogen-bond acceptors (Lipinski definition) is 3. The summed E-state index contributed by atoms with van der Waals surface area (Å²) < 4.78 is 13.1. The van der Waals surface area contributed by atoms with Gasteiger partial charge in [-0.3, -0.25) is 0 Å². The van der Waals surface area contributed by atoms with Gasteiger partial charge in [-0.2, -0.15) is 0 Å².